The Kier molecular flexibility index (Phi) is 2.65. The van der Waals surface area contributed by atoms with Gasteiger partial charge in [-0.3, -0.25) is 0 Å². The van der Waals surface area contributed by atoms with Crippen molar-refractivity contribution in [3.63, 3.8) is 0 Å². The van der Waals surface area contributed by atoms with Crippen molar-refractivity contribution in [3.05, 3.63) is 20.8 Å². The van der Waals surface area contributed by atoms with E-state index in [4.69, 9.17) is 11.6 Å². The third-order valence-corrected chi connectivity index (χ3v) is 3.64. The summed E-state index contributed by atoms with van der Waals surface area (Å²) in [5, 5.41) is 0. The minimum Gasteiger partial charge on any atom is -0.453 e. The number of nitrogens with zero attached hydrogens (tertiary/aromatic N) is 1. The first kappa shape index (κ1) is 9.80. The van der Waals surface area contributed by atoms with Crippen molar-refractivity contribution in [3.8, 4) is 0 Å². The van der Waals surface area contributed by atoms with Crippen molar-refractivity contribution in [1.82, 2.24) is 4.90 Å². The Morgan fingerprint density at radius 1 is 1.71 bits per heavy atom. The van der Waals surface area contributed by atoms with Crippen LogP contribution in [0.2, 0.25) is 4.34 Å². The van der Waals surface area contributed by atoms with Crippen LogP contribution in [0, 0.1) is 0 Å². The van der Waals surface area contributed by atoms with Crippen LogP contribution in [0.15, 0.2) is 6.07 Å². The molecule has 0 bridgehead atoms. The number of thiophene rings is 1. The number of methoxy groups -OCH3 is 1. The third-order valence-electron chi connectivity index (χ3n) is 2.27. The summed E-state index contributed by atoms with van der Waals surface area (Å²) in [6.45, 7) is 1.34. The molecule has 0 N–H and O–H groups in total. The first-order valence-electron chi connectivity index (χ1n) is 4.30. The van der Waals surface area contributed by atoms with E-state index in [9.17, 15) is 4.79 Å². The number of hydrogen-bond donors (Lipinski definition) is 0. The largest absolute Gasteiger partial charge is 0.453 e. The molecular formula is C9H10ClNO2S. The quantitative estimate of drug-likeness (QED) is 0.687. The number of amides is 1. The highest BCUT2D eigenvalue weighted by Gasteiger charge is 2.22. The van der Waals surface area contributed by atoms with Gasteiger partial charge in [0.1, 0.15) is 0 Å². The van der Waals surface area contributed by atoms with Crippen LogP contribution < -0.4 is 0 Å². The van der Waals surface area contributed by atoms with Gasteiger partial charge in [0.2, 0.25) is 0 Å². The Hall–Kier alpha value is -0.740. The first-order chi connectivity index (χ1) is 6.70. The van der Waals surface area contributed by atoms with E-state index in [1.54, 1.807) is 16.2 Å². The highest BCUT2D eigenvalue weighted by molar-refractivity contribution is 7.16. The van der Waals surface area contributed by atoms with Gasteiger partial charge in [0.25, 0.3) is 0 Å². The van der Waals surface area contributed by atoms with Gasteiger partial charge in [0, 0.05) is 11.4 Å². The number of ether oxygens (including phenoxy) is 1. The molecule has 1 amide bonds. The van der Waals surface area contributed by atoms with E-state index >= 15 is 0 Å². The lowest BCUT2D eigenvalue weighted by atomic mass is 10.1. The first-order valence-corrected chi connectivity index (χ1v) is 5.50. The molecule has 1 aliphatic rings. The molecule has 1 aliphatic heterocycles. The van der Waals surface area contributed by atoms with Gasteiger partial charge in [0.15, 0.2) is 0 Å². The van der Waals surface area contributed by atoms with E-state index in [1.165, 1.54) is 12.0 Å². The summed E-state index contributed by atoms with van der Waals surface area (Å²) in [6.07, 6.45) is 0.611. The summed E-state index contributed by atoms with van der Waals surface area (Å²) >= 11 is 7.49. The number of fused-ring (bicyclic) bond motifs is 1. The van der Waals surface area contributed by atoms with Gasteiger partial charge in [-0.05, 0) is 18.1 Å². The fourth-order valence-electron chi connectivity index (χ4n) is 1.58. The van der Waals surface area contributed by atoms with Crippen molar-refractivity contribution < 1.29 is 9.53 Å². The number of carbonyl (C=O) groups is 1. The maximum atomic E-state index is 11.3. The van der Waals surface area contributed by atoms with Gasteiger partial charge in [-0.1, -0.05) is 11.6 Å². The third kappa shape index (κ3) is 1.72. The standard InChI is InChI=1S/C9H10ClNO2S/c1-13-9(12)11-3-2-7-6(5-11)4-8(10)14-7/h4H,2-3,5H2,1H3. The minimum absolute atomic E-state index is 0.266. The second kappa shape index (κ2) is 3.79. The van der Waals surface area contributed by atoms with Crippen LogP contribution in [-0.2, 0) is 17.7 Å². The number of halogens is 1. The lowest BCUT2D eigenvalue weighted by Gasteiger charge is -2.25. The number of hydrogen-bond acceptors (Lipinski definition) is 3. The molecule has 0 spiro atoms. The molecule has 0 fully saturated rings. The summed E-state index contributed by atoms with van der Waals surface area (Å²) in [6, 6.07) is 1.93. The lowest BCUT2D eigenvalue weighted by Crippen LogP contribution is -2.35. The topological polar surface area (TPSA) is 29.5 Å². The molecule has 1 aromatic rings. The molecule has 3 nitrogen and oxygen atoms in total. The van der Waals surface area contributed by atoms with Gasteiger partial charge in [-0.15, -0.1) is 11.3 Å². The summed E-state index contributed by atoms with van der Waals surface area (Å²) < 4.78 is 5.46. The van der Waals surface area contributed by atoms with Gasteiger partial charge in [-0.25, -0.2) is 4.79 Å². The molecule has 5 heteroatoms. The Balaban J connectivity index is 2.16. The summed E-state index contributed by atoms with van der Waals surface area (Å²) in [7, 11) is 1.40. The molecule has 0 saturated heterocycles. The van der Waals surface area contributed by atoms with E-state index in [2.05, 4.69) is 4.74 Å². The number of rotatable bonds is 0. The van der Waals surface area contributed by atoms with Crippen LogP contribution in [-0.4, -0.2) is 24.6 Å². The monoisotopic (exact) mass is 231 g/mol. The van der Waals surface area contributed by atoms with Crippen LogP contribution in [0.3, 0.4) is 0 Å². The summed E-state index contributed by atoms with van der Waals surface area (Å²) in [4.78, 5) is 14.2. The van der Waals surface area contributed by atoms with E-state index in [-0.39, 0.29) is 6.09 Å². The van der Waals surface area contributed by atoms with Gasteiger partial charge in [0.05, 0.1) is 18.0 Å². The van der Waals surface area contributed by atoms with E-state index in [0.717, 1.165) is 22.9 Å². The second-order valence-electron chi connectivity index (χ2n) is 3.14. The summed E-state index contributed by atoms with van der Waals surface area (Å²) in [5.74, 6) is 0. The van der Waals surface area contributed by atoms with Crippen molar-refractivity contribution in [2.75, 3.05) is 13.7 Å². The zero-order chi connectivity index (χ0) is 10.1. The van der Waals surface area contributed by atoms with Gasteiger partial charge < -0.3 is 9.64 Å². The SMILES string of the molecule is COC(=O)N1CCc2sc(Cl)cc2C1. The maximum Gasteiger partial charge on any atom is 0.409 e. The van der Waals surface area contributed by atoms with Gasteiger partial charge >= 0.3 is 6.09 Å². The molecule has 0 radical (unpaired) electrons. The van der Waals surface area contributed by atoms with E-state index in [0.29, 0.717) is 6.54 Å². The highest BCUT2D eigenvalue weighted by Crippen LogP contribution is 2.31. The molecule has 76 valence electrons. The van der Waals surface area contributed by atoms with E-state index < -0.39 is 0 Å². The average molecular weight is 232 g/mol. The van der Waals surface area contributed by atoms with Crippen molar-refractivity contribution >= 4 is 29.0 Å². The predicted octanol–water partition coefficient (Wildman–Crippen LogP) is 2.53. The van der Waals surface area contributed by atoms with Crippen LogP contribution >= 0.6 is 22.9 Å². The molecule has 0 aromatic carbocycles. The highest BCUT2D eigenvalue weighted by atomic mass is 35.5. The normalized spacial score (nSPS) is 15.1. The lowest BCUT2D eigenvalue weighted by molar-refractivity contribution is 0.119. The van der Waals surface area contributed by atoms with Gasteiger partial charge in [-0.2, -0.15) is 0 Å². The molecule has 0 aliphatic carbocycles. The molecule has 14 heavy (non-hydrogen) atoms. The molecule has 0 saturated carbocycles. The van der Waals surface area contributed by atoms with Crippen LogP contribution in [0.5, 0.6) is 0 Å². The minimum atomic E-state index is -0.266. The molecule has 0 atom stereocenters. The average Bonchev–Trinajstić information content (AvgIpc) is 2.55. The molecular weight excluding hydrogens is 222 g/mol. The Morgan fingerprint density at radius 3 is 3.21 bits per heavy atom. The molecule has 0 unspecified atom stereocenters. The van der Waals surface area contributed by atoms with Crippen LogP contribution in [0.25, 0.3) is 0 Å². The molecule has 1 aromatic heterocycles. The Morgan fingerprint density at radius 2 is 2.50 bits per heavy atom. The fourth-order valence-corrected chi connectivity index (χ4v) is 2.88. The zero-order valence-electron chi connectivity index (χ0n) is 7.75. The Bertz CT molecular complexity index is 364. The fraction of sp³-hybridized carbons (Fsp3) is 0.444. The Labute approximate surface area is 91.2 Å². The molecule has 2 rings (SSSR count). The van der Waals surface area contributed by atoms with Crippen LogP contribution in [0.1, 0.15) is 10.4 Å². The van der Waals surface area contributed by atoms with Crippen molar-refractivity contribution in [2.45, 2.75) is 13.0 Å². The molecule has 2 heterocycles. The van der Waals surface area contributed by atoms with Crippen molar-refractivity contribution in [1.29, 1.82) is 0 Å². The van der Waals surface area contributed by atoms with E-state index in [1.807, 2.05) is 6.07 Å². The second-order valence-corrected chi connectivity index (χ2v) is 4.91. The summed E-state index contributed by atoms with van der Waals surface area (Å²) in [5.41, 5.74) is 1.15. The van der Waals surface area contributed by atoms with Crippen molar-refractivity contribution in [2.24, 2.45) is 0 Å². The van der Waals surface area contributed by atoms with Crippen LogP contribution in [0.4, 0.5) is 4.79 Å². The smallest absolute Gasteiger partial charge is 0.409 e. The number of carbonyl (C=O) groups excluding carboxylic acids is 1. The zero-order valence-corrected chi connectivity index (χ0v) is 9.32. The predicted molar refractivity (Wildman–Crippen MR) is 55.8 cm³/mol. The maximum absolute atomic E-state index is 11.3.